The summed E-state index contributed by atoms with van der Waals surface area (Å²) in [6.45, 7) is 2.99. The van der Waals surface area contributed by atoms with Crippen LogP contribution in [0, 0.1) is 123 Å². The van der Waals surface area contributed by atoms with Crippen LogP contribution in [0.1, 0.15) is 22.4 Å². The van der Waals surface area contributed by atoms with Crippen molar-refractivity contribution in [1.82, 2.24) is 4.98 Å². The maximum atomic E-state index is 15.4. The zero-order valence-corrected chi connectivity index (χ0v) is 32.4. The molecule has 0 aliphatic carbocycles. The highest BCUT2D eigenvalue weighted by Gasteiger charge is 2.52. The van der Waals surface area contributed by atoms with Gasteiger partial charge in [0.25, 0.3) is 0 Å². The van der Waals surface area contributed by atoms with Gasteiger partial charge in [0.05, 0.1) is 18.8 Å². The summed E-state index contributed by atoms with van der Waals surface area (Å²) in [5, 5.41) is 0. The highest BCUT2D eigenvalue weighted by atomic mass is 19.2. The highest BCUT2D eigenvalue weighted by Crippen LogP contribution is 2.31. The molecule has 0 unspecified atom stereocenters. The largest absolute Gasteiger partial charge is 0.252 e. The lowest BCUT2D eigenvalue weighted by Crippen LogP contribution is -2.81. The number of aromatic nitrogens is 2. The summed E-state index contributed by atoms with van der Waals surface area (Å²) < 4.78 is 296. The molecule has 0 fully saturated rings. The summed E-state index contributed by atoms with van der Waals surface area (Å²) >= 11 is 0. The van der Waals surface area contributed by atoms with Crippen LogP contribution in [0.5, 0.6) is 0 Å². The van der Waals surface area contributed by atoms with Crippen molar-refractivity contribution in [2.75, 3.05) is 0 Å². The molecule has 344 valence electrons. The summed E-state index contributed by atoms with van der Waals surface area (Å²) in [4.78, 5) is 4.28. The van der Waals surface area contributed by atoms with Gasteiger partial charge in [0.2, 0.25) is 5.69 Å². The Morgan fingerprint density at radius 2 is 0.682 bits per heavy atom. The van der Waals surface area contributed by atoms with Crippen LogP contribution in [0.3, 0.4) is 0 Å². The molecule has 1 aromatic heterocycles. The fourth-order valence-electron chi connectivity index (χ4n) is 7.29. The Hall–Kier alpha value is -6.94. The molecule has 1 heterocycles. The first-order valence-electron chi connectivity index (χ1n) is 18.2. The van der Waals surface area contributed by atoms with Gasteiger partial charge in [0.15, 0.2) is 82.5 Å². The van der Waals surface area contributed by atoms with E-state index in [0.29, 0.717) is 0 Å². The minimum Gasteiger partial charge on any atom is -0.252 e. The monoisotopic (exact) mass is 954 g/mol. The van der Waals surface area contributed by atoms with Crippen molar-refractivity contribution in [3.63, 3.8) is 0 Å². The zero-order chi connectivity index (χ0) is 48.8. The first kappa shape index (κ1) is 48.5. The fourth-order valence-corrected chi connectivity index (χ4v) is 7.29. The lowest BCUT2D eigenvalue weighted by atomic mass is 9.12. The van der Waals surface area contributed by atoms with E-state index in [1.54, 1.807) is 0 Å². The van der Waals surface area contributed by atoms with E-state index in [1.165, 1.54) is 22.4 Å². The Morgan fingerprint density at radius 1 is 0.379 bits per heavy atom. The minimum absolute atomic E-state index is 0.880. The molecule has 0 saturated heterocycles. The third-order valence-corrected chi connectivity index (χ3v) is 10.3. The molecule has 2 nitrogen and oxygen atoms in total. The first-order valence-corrected chi connectivity index (χ1v) is 18.2. The van der Waals surface area contributed by atoms with Crippen molar-refractivity contribution in [3.8, 4) is 0 Å². The molecule has 66 heavy (non-hydrogen) atoms. The molecule has 6 aromatic carbocycles. The third kappa shape index (κ3) is 7.97. The molecular formula is C43H19BF20N2. The van der Waals surface area contributed by atoms with Gasteiger partial charge in [-0.3, -0.25) is 4.98 Å². The second-order valence-corrected chi connectivity index (χ2v) is 14.1. The van der Waals surface area contributed by atoms with Gasteiger partial charge < -0.3 is 0 Å². The lowest BCUT2D eigenvalue weighted by Gasteiger charge is -2.44. The molecule has 23 heteroatoms. The van der Waals surface area contributed by atoms with Gasteiger partial charge in [-0.15, -0.1) is 21.9 Å². The summed E-state index contributed by atoms with van der Waals surface area (Å²) in [7, 11) is 0. The molecule has 0 atom stereocenters. The van der Waals surface area contributed by atoms with E-state index < -0.39 is 144 Å². The van der Waals surface area contributed by atoms with Crippen LogP contribution < -0.4 is 26.4 Å². The number of rotatable bonds is 8. The predicted octanol–water partition coefficient (Wildman–Crippen LogP) is 9.16. The van der Waals surface area contributed by atoms with Crippen LogP contribution in [0.4, 0.5) is 87.8 Å². The summed E-state index contributed by atoms with van der Waals surface area (Å²) in [6.07, 6.45) is -0.451. The Labute approximate surface area is 356 Å². The zero-order valence-electron chi connectivity index (χ0n) is 32.4. The minimum atomic E-state index is -7.22. The molecule has 0 aliphatic rings. The van der Waals surface area contributed by atoms with E-state index >= 15 is 35.1 Å². The molecular weight excluding hydrogens is 935 g/mol. The highest BCUT2D eigenvalue weighted by molar-refractivity contribution is 7.20. The normalized spacial score (nSPS) is 11.5. The van der Waals surface area contributed by atoms with Crippen LogP contribution in [0.15, 0.2) is 73.2 Å². The van der Waals surface area contributed by atoms with Gasteiger partial charge in [-0.25, -0.2) is 87.8 Å². The first-order chi connectivity index (χ1) is 31.0. The van der Waals surface area contributed by atoms with Crippen LogP contribution in [-0.2, 0) is 13.0 Å². The van der Waals surface area contributed by atoms with Gasteiger partial charge in [0.1, 0.15) is 52.7 Å². The molecule has 7 aromatic rings. The number of benzene rings is 6. The number of aryl methyl sites for hydroxylation is 1. The average molecular weight is 954 g/mol. The Morgan fingerprint density at radius 3 is 1.00 bits per heavy atom. The molecule has 0 spiro atoms. The van der Waals surface area contributed by atoms with Gasteiger partial charge >= 0.3 is 0 Å². The standard InChI is InChI=1S/C24BF20.C19H19N2/c26-5-1(6(27)14(35)21(42)13(5)34)25(2-7(28)15(36)22(43)16(37)8(2)29,3-9(30)17(38)23(44)18(39)10(3)31)4-11(32)19(40)24(45)20(41)12(4)33;1-16-7-9-17(10-8-16)13-19-14-20-11-12-21(19)15-18-5-3-2-4-6-18/h;2-12,14H,13,15H2,1H3/q-1;+1. The lowest BCUT2D eigenvalue weighted by molar-refractivity contribution is -0.695. The van der Waals surface area contributed by atoms with Crippen LogP contribution in [0.25, 0.3) is 0 Å². The molecule has 0 amide bonds. The number of hydrogen-bond donors (Lipinski definition) is 0. The van der Waals surface area contributed by atoms with E-state index in [-0.39, 0.29) is 0 Å². The molecule has 0 N–H and O–H groups in total. The number of halogens is 20. The van der Waals surface area contributed by atoms with Crippen molar-refractivity contribution in [2.24, 2.45) is 0 Å². The van der Waals surface area contributed by atoms with E-state index in [9.17, 15) is 52.7 Å². The second kappa shape index (κ2) is 18.5. The Balaban J connectivity index is 0.000000284. The van der Waals surface area contributed by atoms with Crippen LogP contribution >= 0.6 is 0 Å². The quantitative estimate of drug-likeness (QED) is 0.0489. The van der Waals surface area contributed by atoms with Crippen molar-refractivity contribution in [1.29, 1.82) is 0 Å². The van der Waals surface area contributed by atoms with Crippen molar-refractivity contribution in [3.05, 3.63) is 212 Å². The molecule has 7 rings (SSSR count). The van der Waals surface area contributed by atoms with Crippen molar-refractivity contribution >= 4 is 28.0 Å². The van der Waals surface area contributed by atoms with E-state index in [0.717, 1.165) is 13.0 Å². The second-order valence-electron chi connectivity index (χ2n) is 14.1. The van der Waals surface area contributed by atoms with Gasteiger partial charge in [0, 0.05) is 5.56 Å². The maximum Gasteiger partial charge on any atom is 0.204 e. The van der Waals surface area contributed by atoms with Gasteiger partial charge in [-0.05, 0) is 12.5 Å². The van der Waals surface area contributed by atoms with Gasteiger partial charge in [-0.1, -0.05) is 60.2 Å². The maximum absolute atomic E-state index is 15.4. The number of nitrogens with zero attached hydrogens (tertiary/aromatic N) is 2. The number of hydrogen-bond acceptors (Lipinski definition) is 1. The van der Waals surface area contributed by atoms with E-state index in [2.05, 4.69) is 71.2 Å². The Bertz CT molecular complexity index is 2660. The molecule has 0 aliphatic heterocycles. The van der Waals surface area contributed by atoms with Crippen LogP contribution in [-0.4, -0.2) is 11.1 Å². The molecule has 0 saturated carbocycles. The molecule has 0 radical (unpaired) electrons. The SMILES string of the molecule is Cc1ccc(Cc2cncc[n+]2Cc2ccccc2)cc1.Fc1c(F)c(F)c([B-](c2c(F)c(F)c(F)c(F)c2F)(c2c(F)c(F)c(F)c(F)c2F)c2c(F)c(F)c(F)c(F)c2F)c(F)c1F. The van der Waals surface area contributed by atoms with E-state index in [1.807, 2.05) is 18.5 Å². The Kier molecular flexibility index (Phi) is 13.6. The molecule has 0 bridgehead atoms. The van der Waals surface area contributed by atoms with Crippen LogP contribution in [0.2, 0.25) is 0 Å². The summed E-state index contributed by atoms with van der Waals surface area (Å²) in [5.41, 5.74) is -9.19. The van der Waals surface area contributed by atoms with E-state index in [4.69, 9.17) is 0 Å². The summed E-state index contributed by atoms with van der Waals surface area (Å²) in [6, 6.07) is 19.2. The smallest absolute Gasteiger partial charge is 0.204 e. The predicted molar refractivity (Wildman–Crippen MR) is 193 cm³/mol. The summed E-state index contributed by atoms with van der Waals surface area (Å²) in [5.74, 6) is -71.4. The van der Waals surface area contributed by atoms with Gasteiger partial charge in [-0.2, -0.15) is 4.57 Å². The third-order valence-electron chi connectivity index (χ3n) is 10.3. The topological polar surface area (TPSA) is 16.8 Å². The van der Waals surface area contributed by atoms with Crippen molar-refractivity contribution in [2.45, 2.75) is 19.9 Å². The fraction of sp³-hybridized carbons (Fsp3) is 0.0698. The van der Waals surface area contributed by atoms with Crippen molar-refractivity contribution < 1.29 is 92.4 Å². The average Bonchev–Trinajstić information content (AvgIpc) is 3.30.